The number of aromatic nitrogens is 2. The summed E-state index contributed by atoms with van der Waals surface area (Å²) in [5.74, 6) is 0. The number of rotatable bonds is 0. The van der Waals surface area contributed by atoms with Gasteiger partial charge in [-0.15, -0.1) is 0 Å². The van der Waals surface area contributed by atoms with Crippen molar-refractivity contribution in [3.8, 4) is 0 Å². The molecule has 0 unspecified atom stereocenters. The van der Waals surface area contributed by atoms with Crippen molar-refractivity contribution in [2.24, 2.45) is 7.05 Å². The number of hydrogen-bond acceptors (Lipinski definition) is 1. The highest BCUT2D eigenvalue weighted by Crippen LogP contribution is 2.29. The van der Waals surface area contributed by atoms with E-state index >= 15 is 0 Å². The standard InChI is InChI=1S/C8H6BrClN2/c1-12-4-5-2-3-6(9)7(10)8(5)11-12/h2-4H,1H3. The van der Waals surface area contributed by atoms with Gasteiger partial charge in [0.25, 0.3) is 0 Å². The molecule has 2 rings (SSSR count). The monoisotopic (exact) mass is 244 g/mol. The van der Waals surface area contributed by atoms with E-state index in [1.807, 2.05) is 25.4 Å². The first kappa shape index (κ1) is 8.08. The van der Waals surface area contributed by atoms with Crippen molar-refractivity contribution >= 4 is 38.4 Å². The van der Waals surface area contributed by atoms with Crippen molar-refractivity contribution in [2.45, 2.75) is 0 Å². The number of aryl methyl sites for hydroxylation is 1. The molecule has 0 fully saturated rings. The largest absolute Gasteiger partial charge is 0.275 e. The minimum absolute atomic E-state index is 0.674. The van der Waals surface area contributed by atoms with Gasteiger partial charge in [-0.25, -0.2) is 0 Å². The molecule has 0 N–H and O–H groups in total. The van der Waals surface area contributed by atoms with Gasteiger partial charge in [-0.1, -0.05) is 11.6 Å². The Bertz CT molecular complexity index is 436. The summed E-state index contributed by atoms with van der Waals surface area (Å²) in [7, 11) is 1.88. The second kappa shape index (κ2) is 2.75. The van der Waals surface area contributed by atoms with Crippen LogP contribution in [0.2, 0.25) is 5.02 Å². The van der Waals surface area contributed by atoms with E-state index in [1.54, 1.807) is 4.68 Å². The van der Waals surface area contributed by atoms with Crippen LogP contribution in [0.4, 0.5) is 0 Å². The lowest BCUT2D eigenvalue weighted by molar-refractivity contribution is 0.779. The van der Waals surface area contributed by atoms with Gasteiger partial charge in [-0.05, 0) is 28.1 Å². The van der Waals surface area contributed by atoms with Crippen LogP contribution >= 0.6 is 27.5 Å². The molecule has 0 aliphatic carbocycles. The van der Waals surface area contributed by atoms with Crippen LogP contribution in [0, 0.1) is 0 Å². The molecular formula is C8H6BrClN2. The van der Waals surface area contributed by atoms with E-state index < -0.39 is 0 Å². The Hall–Kier alpha value is -0.540. The van der Waals surface area contributed by atoms with Crippen molar-refractivity contribution in [2.75, 3.05) is 0 Å². The van der Waals surface area contributed by atoms with Crippen LogP contribution in [0.5, 0.6) is 0 Å². The van der Waals surface area contributed by atoms with E-state index in [0.717, 1.165) is 15.4 Å². The van der Waals surface area contributed by atoms with Crippen LogP contribution in [-0.2, 0) is 7.05 Å². The quantitative estimate of drug-likeness (QED) is 0.698. The van der Waals surface area contributed by atoms with Crippen LogP contribution < -0.4 is 0 Å². The second-order valence-electron chi connectivity index (χ2n) is 2.60. The highest BCUT2D eigenvalue weighted by Gasteiger charge is 2.05. The molecule has 0 radical (unpaired) electrons. The maximum atomic E-state index is 6.02. The molecule has 0 bridgehead atoms. The smallest absolute Gasteiger partial charge is 0.112 e. The first-order chi connectivity index (χ1) is 5.68. The zero-order valence-electron chi connectivity index (χ0n) is 6.38. The van der Waals surface area contributed by atoms with E-state index in [1.165, 1.54) is 0 Å². The molecule has 4 heteroatoms. The molecule has 2 nitrogen and oxygen atoms in total. The Morgan fingerprint density at radius 2 is 2.25 bits per heavy atom. The molecule has 1 heterocycles. The first-order valence-corrected chi connectivity index (χ1v) is 4.63. The van der Waals surface area contributed by atoms with Crippen molar-refractivity contribution in [1.29, 1.82) is 0 Å². The average Bonchev–Trinajstić information content (AvgIpc) is 2.39. The third kappa shape index (κ3) is 1.13. The molecule has 0 atom stereocenters. The van der Waals surface area contributed by atoms with Gasteiger partial charge in [0.05, 0.1) is 5.02 Å². The highest BCUT2D eigenvalue weighted by atomic mass is 79.9. The average molecular weight is 246 g/mol. The van der Waals surface area contributed by atoms with Gasteiger partial charge < -0.3 is 0 Å². The van der Waals surface area contributed by atoms with E-state index in [4.69, 9.17) is 11.6 Å². The zero-order chi connectivity index (χ0) is 8.72. The first-order valence-electron chi connectivity index (χ1n) is 3.46. The zero-order valence-corrected chi connectivity index (χ0v) is 8.72. The Morgan fingerprint density at radius 3 is 3.00 bits per heavy atom. The van der Waals surface area contributed by atoms with Gasteiger partial charge in [-0.2, -0.15) is 5.10 Å². The molecule has 2 aromatic rings. The molecular weight excluding hydrogens is 239 g/mol. The molecule has 62 valence electrons. The lowest BCUT2D eigenvalue weighted by Crippen LogP contribution is -1.85. The topological polar surface area (TPSA) is 17.8 Å². The number of nitrogens with zero attached hydrogens (tertiary/aromatic N) is 2. The summed E-state index contributed by atoms with van der Waals surface area (Å²) in [5, 5.41) is 5.96. The maximum Gasteiger partial charge on any atom is 0.112 e. The summed E-state index contributed by atoms with van der Waals surface area (Å²) in [5.41, 5.74) is 0.841. The SMILES string of the molecule is Cn1cc2ccc(Br)c(Cl)c2n1. The number of hydrogen-bond donors (Lipinski definition) is 0. The maximum absolute atomic E-state index is 6.02. The number of fused-ring (bicyclic) bond motifs is 1. The minimum Gasteiger partial charge on any atom is -0.275 e. The summed E-state index contributed by atoms with van der Waals surface area (Å²) in [4.78, 5) is 0. The van der Waals surface area contributed by atoms with Crippen molar-refractivity contribution in [3.63, 3.8) is 0 Å². The predicted molar refractivity (Wildman–Crippen MR) is 53.4 cm³/mol. The summed E-state index contributed by atoms with van der Waals surface area (Å²) >= 11 is 9.36. The van der Waals surface area contributed by atoms with Crippen LogP contribution in [0.3, 0.4) is 0 Å². The molecule has 0 saturated heterocycles. The minimum atomic E-state index is 0.674. The van der Waals surface area contributed by atoms with Crippen LogP contribution in [0.1, 0.15) is 0 Å². The fraction of sp³-hybridized carbons (Fsp3) is 0.125. The summed E-state index contributed by atoms with van der Waals surface area (Å²) in [6, 6.07) is 3.91. The lowest BCUT2D eigenvalue weighted by Gasteiger charge is -1.93. The number of halogens is 2. The van der Waals surface area contributed by atoms with E-state index in [-0.39, 0.29) is 0 Å². The van der Waals surface area contributed by atoms with Crippen molar-refractivity contribution in [1.82, 2.24) is 9.78 Å². The lowest BCUT2D eigenvalue weighted by atomic mass is 10.3. The Morgan fingerprint density at radius 1 is 1.50 bits per heavy atom. The highest BCUT2D eigenvalue weighted by molar-refractivity contribution is 9.10. The predicted octanol–water partition coefficient (Wildman–Crippen LogP) is 2.99. The Labute approximate surface area is 83.3 Å². The molecule has 12 heavy (non-hydrogen) atoms. The Kier molecular flexibility index (Phi) is 1.85. The molecule has 1 aromatic heterocycles. The molecule has 0 spiro atoms. The Balaban J connectivity index is 2.89. The number of benzene rings is 1. The van der Waals surface area contributed by atoms with Crippen molar-refractivity contribution in [3.05, 3.63) is 27.8 Å². The molecule has 0 saturated carbocycles. The van der Waals surface area contributed by atoms with E-state index in [9.17, 15) is 0 Å². The molecule has 0 amide bonds. The van der Waals surface area contributed by atoms with Gasteiger partial charge in [0.1, 0.15) is 5.52 Å². The van der Waals surface area contributed by atoms with Gasteiger partial charge in [-0.3, -0.25) is 4.68 Å². The molecule has 1 aromatic carbocycles. The van der Waals surface area contributed by atoms with Gasteiger partial charge in [0.2, 0.25) is 0 Å². The molecule has 0 aliphatic heterocycles. The third-order valence-electron chi connectivity index (χ3n) is 1.68. The van der Waals surface area contributed by atoms with E-state index in [2.05, 4.69) is 21.0 Å². The fourth-order valence-corrected chi connectivity index (χ4v) is 1.68. The van der Waals surface area contributed by atoms with Gasteiger partial charge in [0.15, 0.2) is 0 Å². The van der Waals surface area contributed by atoms with Crippen LogP contribution in [-0.4, -0.2) is 9.78 Å². The van der Waals surface area contributed by atoms with Crippen LogP contribution in [0.25, 0.3) is 10.9 Å². The van der Waals surface area contributed by atoms with Gasteiger partial charge in [0, 0.05) is 23.1 Å². The van der Waals surface area contributed by atoms with Gasteiger partial charge >= 0.3 is 0 Å². The second-order valence-corrected chi connectivity index (χ2v) is 3.83. The third-order valence-corrected chi connectivity index (χ3v) is 2.96. The summed E-state index contributed by atoms with van der Waals surface area (Å²) < 4.78 is 2.64. The van der Waals surface area contributed by atoms with Crippen molar-refractivity contribution < 1.29 is 0 Å². The van der Waals surface area contributed by atoms with Crippen LogP contribution in [0.15, 0.2) is 22.8 Å². The summed E-state index contributed by atoms with van der Waals surface area (Å²) in [6.07, 6.45) is 1.94. The molecule has 0 aliphatic rings. The fourth-order valence-electron chi connectivity index (χ4n) is 1.15. The normalized spacial score (nSPS) is 10.9. The summed E-state index contributed by atoms with van der Waals surface area (Å²) in [6.45, 7) is 0. The van der Waals surface area contributed by atoms with E-state index in [0.29, 0.717) is 5.02 Å².